The standard InChI is InChI=1S/C17H19ClN4O3/c1-21-10-17(24-16(21)23)7-4-8-22(11-17)9-14-19-15(20-25-14)12-5-2-3-6-13(12)18/h2-3,5-6H,4,7-11H2,1H3. The van der Waals surface area contributed by atoms with Gasteiger partial charge in [0.2, 0.25) is 11.7 Å². The minimum absolute atomic E-state index is 0.249. The average Bonchev–Trinajstić information content (AvgIpc) is 3.13. The van der Waals surface area contributed by atoms with Gasteiger partial charge < -0.3 is 14.2 Å². The molecule has 2 fully saturated rings. The number of aromatic nitrogens is 2. The molecule has 0 bridgehead atoms. The summed E-state index contributed by atoms with van der Waals surface area (Å²) in [5.74, 6) is 1.02. The van der Waals surface area contributed by atoms with Crippen molar-refractivity contribution in [2.24, 2.45) is 0 Å². The molecule has 0 radical (unpaired) electrons. The highest BCUT2D eigenvalue weighted by atomic mass is 35.5. The number of hydrogen-bond acceptors (Lipinski definition) is 6. The molecule has 2 aliphatic rings. The van der Waals surface area contributed by atoms with Gasteiger partial charge in [0.1, 0.15) is 5.60 Å². The summed E-state index contributed by atoms with van der Waals surface area (Å²) in [5.41, 5.74) is 0.330. The second-order valence-corrected chi connectivity index (χ2v) is 7.12. The van der Waals surface area contributed by atoms with Crippen LogP contribution in [-0.4, -0.2) is 58.3 Å². The summed E-state index contributed by atoms with van der Waals surface area (Å²) in [5, 5.41) is 4.63. The van der Waals surface area contributed by atoms with Crippen molar-refractivity contribution in [2.45, 2.75) is 25.0 Å². The van der Waals surface area contributed by atoms with E-state index >= 15 is 0 Å². The zero-order chi connectivity index (χ0) is 17.4. The zero-order valence-electron chi connectivity index (χ0n) is 13.9. The van der Waals surface area contributed by atoms with Crippen LogP contribution in [0.4, 0.5) is 4.79 Å². The van der Waals surface area contributed by atoms with E-state index in [1.807, 2.05) is 18.2 Å². The summed E-state index contributed by atoms with van der Waals surface area (Å²) in [7, 11) is 1.77. The quantitative estimate of drug-likeness (QED) is 0.836. The van der Waals surface area contributed by atoms with E-state index < -0.39 is 5.60 Å². The molecule has 0 aliphatic carbocycles. The van der Waals surface area contributed by atoms with Gasteiger partial charge in [-0.25, -0.2) is 4.79 Å². The van der Waals surface area contributed by atoms with Crippen LogP contribution in [0.5, 0.6) is 0 Å². The van der Waals surface area contributed by atoms with Crippen LogP contribution in [0.15, 0.2) is 28.8 Å². The molecule has 8 heteroatoms. The molecule has 25 heavy (non-hydrogen) atoms. The highest BCUT2D eigenvalue weighted by molar-refractivity contribution is 6.33. The second kappa shape index (κ2) is 6.31. The third-order valence-corrected chi connectivity index (χ3v) is 5.03. The molecule has 2 aliphatic heterocycles. The van der Waals surface area contributed by atoms with E-state index in [9.17, 15) is 4.79 Å². The van der Waals surface area contributed by atoms with Gasteiger partial charge in [0.05, 0.1) is 18.1 Å². The van der Waals surface area contributed by atoms with Gasteiger partial charge in [0, 0.05) is 19.2 Å². The molecule has 1 atom stereocenters. The van der Waals surface area contributed by atoms with Gasteiger partial charge in [-0.05, 0) is 31.5 Å². The predicted molar refractivity (Wildman–Crippen MR) is 91.1 cm³/mol. The van der Waals surface area contributed by atoms with Crippen molar-refractivity contribution in [1.82, 2.24) is 19.9 Å². The monoisotopic (exact) mass is 362 g/mol. The summed E-state index contributed by atoms with van der Waals surface area (Å²) in [6, 6.07) is 7.41. The topological polar surface area (TPSA) is 71.7 Å². The first-order chi connectivity index (χ1) is 12.0. The molecule has 2 saturated heterocycles. The van der Waals surface area contributed by atoms with Crippen molar-refractivity contribution < 1.29 is 14.1 Å². The summed E-state index contributed by atoms with van der Waals surface area (Å²) in [6.45, 7) is 2.73. The lowest BCUT2D eigenvalue weighted by Gasteiger charge is -2.37. The van der Waals surface area contributed by atoms with Crippen LogP contribution in [-0.2, 0) is 11.3 Å². The second-order valence-electron chi connectivity index (χ2n) is 6.71. The Labute approximate surface area is 150 Å². The number of carbonyl (C=O) groups is 1. The molecule has 1 aromatic heterocycles. The molecule has 0 N–H and O–H groups in total. The molecule has 1 unspecified atom stereocenters. The lowest BCUT2D eigenvalue weighted by molar-refractivity contribution is -0.0139. The highest BCUT2D eigenvalue weighted by Gasteiger charge is 2.46. The number of ether oxygens (including phenoxy) is 1. The van der Waals surface area contributed by atoms with Gasteiger partial charge in [-0.1, -0.05) is 28.9 Å². The van der Waals surface area contributed by atoms with Crippen molar-refractivity contribution in [3.63, 3.8) is 0 Å². The zero-order valence-corrected chi connectivity index (χ0v) is 14.7. The summed E-state index contributed by atoms with van der Waals surface area (Å²) >= 11 is 6.18. The first-order valence-corrected chi connectivity index (χ1v) is 8.66. The van der Waals surface area contributed by atoms with Crippen LogP contribution in [0, 0.1) is 0 Å². The third kappa shape index (κ3) is 3.21. The summed E-state index contributed by atoms with van der Waals surface area (Å²) in [6.07, 6.45) is 1.60. The van der Waals surface area contributed by atoms with E-state index in [1.54, 1.807) is 18.0 Å². The lowest BCUT2D eigenvalue weighted by atomic mass is 9.93. The van der Waals surface area contributed by atoms with Gasteiger partial charge in [-0.2, -0.15) is 4.98 Å². The minimum Gasteiger partial charge on any atom is -0.440 e. The Hall–Kier alpha value is -2.12. The number of piperidine rings is 1. The number of amides is 1. The third-order valence-electron chi connectivity index (χ3n) is 4.70. The first-order valence-electron chi connectivity index (χ1n) is 8.29. The maximum absolute atomic E-state index is 11.7. The molecule has 3 heterocycles. The highest BCUT2D eigenvalue weighted by Crippen LogP contribution is 2.32. The van der Waals surface area contributed by atoms with E-state index in [1.165, 1.54) is 0 Å². The van der Waals surface area contributed by atoms with Gasteiger partial charge >= 0.3 is 6.09 Å². The fourth-order valence-corrected chi connectivity index (χ4v) is 3.81. The van der Waals surface area contributed by atoms with Crippen molar-refractivity contribution >= 4 is 17.7 Å². The molecule has 4 rings (SSSR count). The molecule has 132 valence electrons. The molecule has 7 nitrogen and oxygen atoms in total. The summed E-state index contributed by atoms with van der Waals surface area (Å²) < 4.78 is 11.0. The Morgan fingerprint density at radius 2 is 2.16 bits per heavy atom. The SMILES string of the molecule is CN1CC2(CCCN(Cc3nc(-c4ccccc4Cl)no3)C2)OC1=O. The van der Waals surface area contributed by atoms with E-state index in [0.717, 1.165) is 24.9 Å². The normalized spacial score (nSPS) is 24.1. The van der Waals surface area contributed by atoms with Crippen LogP contribution in [0.1, 0.15) is 18.7 Å². The van der Waals surface area contributed by atoms with Crippen LogP contribution in [0.2, 0.25) is 5.02 Å². The van der Waals surface area contributed by atoms with E-state index in [2.05, 4.69) is 15.0 Å². The fraction of sp³-hybridized carbons (Fsp3) is 0.471. The van der Waals surface area contributed by atoms with E-state index in [4.69, 9.17) is 20.9 Å². The number of benzene rings is 1. The number of likely N-dealkylation sites (tertiary alicyclic amines) is 1. The number of hydrogen-bond donors (Lipinski definition) is 0. The molecule has 1 spiro atoms. The van der Waals surface area contributed by atoms with Gasteiger partial charge in [-0.3, -0.25) is 4.90 Å². The van der Waals surface area contributed by atoms with Crippen molar-refractivity contribution in [1.29, 1.82) is 0 Å². The van der Waals surface area contributed by atoms with Crippen LogP contribution < -0.4 is 0 Å². The molecular weight excluding hydrogens is 344 g/mol. The van der Waals surface area contributed by atoms with E-state index in [-0.39, 0.29) is 6.09 Å². The van der Waals surface area contributed by atoms with Crippen molar-refractivity contribution in [3.8, 4) is 11.4 Å². The van der Waals surface area contributed by atoms with Crippen molar-refractivity contribution in [3.05, 3.63) is 35.2 Å². The Balaban J connectivity index is 1.46. The Bertz CT molecular complexity index is 796. The molecule has 1 amide bonds. The van der Waals surface area contributed by atoms with Crippen molar-refractivity contribution in [2.75, 3.05) is 26.7 Å². The average molecular weight is 363 g/mol. The first kappa shape index (κ1) is 16.4. The number of halogens is 1. The van der Waals surface area contributed by atoms with Crippen LogP contribution in [0.25, 0.3) is 11.4 Å². The van der Waals surface area contributed by atoms with Crippen LogP contribution >= 0.6 is 11.6 Å². The Kier molecular flexibility index (Phi) is 4.13. The minimum atomic E-state index is -0.421. The van der Waals surface area contributed by atoms with E-state index in [0.29, 0.717) is 36.4 Å². The lowest BCUT2D eigenvalue weighted by Crippen LogP contribution is -2.50. The molecule has 0 saturated carbocycles. The fourth-order valence-electron chi connectivity index (χ4n) is 3.59. The Morgan fingerprint density at radius 3 is 2.92 bits per heavy atom. The van der Waals surface area contributed by atoms with Gasteiger partial charge in [-0.15, -0.1) is 0 Å². The number of rotatable bonds is 3. The van der Waals surface area contributed by atoms with Crippen LogP contribution in [0.3, 0.4) is 0 Å². The molecule has 1 aromatic carbocycles. The smallest absolute Gasteiger partial charge is 0.410 e. The molecule has 2 aromatic rings. The van der Waals surface area contributed by atoms with Gasteiger partial charge in [0.25, 0.3) is 0 Å². The molecular formula is C17H19ClN4O3. The number of likely N-dealkylation sites (N-methyl/N-ethyl adjacent to an activating group) is 1. The number of carbonyl (C=O) groups excluding carboxylic acids is 1. The van der Waals surface area contributed by atoms with Gasteiger partial charge in [0.15, 0.2) is 0 Å². The number of nitrogens with zero attached hydrogens (tertiary/aromatic N) is 4. The largest absolute Gasteiger partial charge is 0.440 e. The maximum atomic E-state index is 11.7. The predicted octanol–water partition coefficient (Wildman–Crippen LogP) is 2.81. The Morgan fingerprint density at radius 1 is 1.32 bits per heavy atom. The summed E-state index contributed by atoms with van der Waals surface area (Å²) in [4.78, 5) is 20.0. The maximum Gasteiger partial charge on any atom is 0.410 e.